The first-order valence-corrected chi connectivity index (χ1v) is 11.4. The summed E-state index contributed by atoms with van der Waals surface area (Å²) in [6.45, 7) is 0.443. The first-order valence-electron chi connectivity index (χ1n) is 8.72. The molecule has 1 amide bonds. The number of rotatable bonds is 2. The van der Waals surface area contributed by atoms with Gasteiger partial charge >= 0.3 is 6.18 Å². The summed E-state index contributed by atoms with van der Waals surface area (Å²) in [4.78, 5) is 17.7. The normalized spacial score (nSPS) is 30.8. The quantitative estimate of drug-likeness (QED) is 0.712. The Kier molecular flexibility index (Phi) is 4.95. The van der Waals surface area contributed by atoms with E-state index in [2.05, 4.69) is 4.99 Å². The molecular formula is C17H17F3N2O4S2. The molecule has 11 heteroatoms. The van der Waals surface area contributed by atoms with Crippen molar-refractivity contribution in [2.24, 2.45) is 4.99 Å². The minimum absolute atomic E-state index is 0.0992. The lowest BCUT2D eigenvalue weighted by Crippen LogP contribution is -2.39. The number of hydrogen-bond donors (Lipinski definition) is 0. The summed E-state index contributed by atoms with van der Waals surface area (Å²) in [6, 6.07) is 4.24. The predicted octanol–water partition coefficient (Wildman–Crippen LogP) is 2.49. The third-order valence-electron chi connectivity index (χ3n) is 4.95. The number of nitrogens with zero attached hydrogens (tertiary/aromatic N) is 2. The number of carbonyl (C=O) groups excluding carboxylic acids is 1. The maximum atomic E-state index is 13.6. The molecule has 0 aliphatic carbocycles. The number of sulfone groups is 1. The summed E-state index contributed by atoms with van der Waals surface area (Å²) in [7, 11) is -3.37. The summed E-state index contributed by atoms with van der Waals surface area (Å²) in [5, 5.41) is -0.371. The molecule has 0 radical (unpaired) electrons. The smallest absolute Gasteiger partial charge is 0.368 e. The Morgan fingerprint density at radius 2 is 2.00 bits per heavy atom. The van der Waals surface area contributed by atoms with Crippen molar-refractivity contribution >= 4 is 38.4 Å². The molecule has 0 saturated carbocycles. The fourth-order valence-corrected chi connectivity index (χ4v) is 7.62. The minimum atomic E-state index is -4.62. The number of carbonyl (C=O) groups is 1. The van der Waals surface area contributed by atoms with E-state index in [0.717, 1.165) is 24.2 Å². The molecule has 3 aliphatic rings. The number of halogens is 3. The van der Waals surface area contributed by atoms with Gasteiger partial charge in [-0.2, -0.15) is 18.2 Å². The lowest BCUT2D eigenvalue weighted by Gasteiger charge is -2.27. The zero-order valence-electron chi connectivity index (χ0n) is 14.6. The SMILES string of the molecule is O=C(N=C1S[C@@H]2CS(=O)(=O)C[C@@H]2N1c1ccccc1C(F)(F)F)[C@H]1CCCO1. The van der Waals surface area contributed by atoms with Crippen molar-refractivity contribution in [1.29, 1.82) is 0 Å². The lowest BCUT2D eigenvalue weighted by atomic mass is 10.1. The Bertz CT molecular complexity index is 927. The van der Waals surface area contributed by atoms with Crippen LogP contribution in [0.1, 0.15) is 18.4 Å². The zero-order chi connectivity index (χ0) is 20.1. The Hall–Kier alpha value is -1.59. The van der Waals surface area contributed by atoms with Crippen LogP contribution in [0, 0.1) is 0 Å². The van der Waals surface area contributed by atoms with Crippen LogP contribution in [-0.4, -0.2) is 55.0 Å². The molecule has 0 spiro atoms. The zero-order valence-corrected chi connectivity index (χ0v) is 16.2. The molecule has 3 fully saturated rings. The van der Waals surface area contributed by atoms with Gasteiger partial charge in [-0.15, -0.1) is 0 Å². The van der Waals surface area contributed by atoms with Crippen molar-refractivity contribution in [1.82, 2.24) is 0 Å². The van der Waals surface area contributed by atoms with Gasteiger partial charge in [0.25, 0.3) is 5.91 Å². The highest BCUT2D eigenvalue weighted by atomic mass is 32.2. The van der Waals surface area contributed by atoms with Crippen LogP contribution >= 0.6 is 11.8 Å². The highest BCUT2D eigenvalue weighted by Crippen LogP contribution is 2.45. The van der Waals surface area contributed by atoms with Crippen LogP contribution in [-0.2, 0) is 25.5 Å². The van der Waals surface area contributed by atoms with Gasteiger partial charge in [0.2, 0.25) is 0 Å². The number of para-hydroxylation sites is 1. The molecule has 6 nitrogen and oxygen atoms in total. The molecular weight excluding hydrogens is 417 g/mol. The van der Waals surface area contributed by atoms with Crippen molar-refractivity contribution in [2.45, 2.75) is 36.4 Å². The predicted molar refractivity (Wildman–Crippen MR) is 99.2 cm³/mol. The van der Waals surface area contributed by atoms with Crippen molar-refractivity contribution in [3.63, 3.8) is 0 Å². The Morgan fingerprint density at radius 1 is 1.25 bits per heavy atom. The fourth-order valence-electron chi connectivity index (χ4n) is 3.71. The molecule has 152 valence electrons. The Balaban J connectivity index is 1.77. The second-order valence-corrected chi connectivity index (χ2v) is 10.3. The molecule has 0 aromatic heterocycles. The molecule has 4 rings (SSSR count). The molecule has 0 N–H and O–H groups in total. The van der Waals surface area contributed by atoms with Gasteiger partial charge in [-0.05, 0) is 25.0 Å². The fraction of sp³-hybridized carbons (Fsp3) is 0.529. The van der Waals surface area contributed by atoms with E-state index >= 15 is 0 Å². The van der Waals surface area contributed by atoms with Crippen LogP contribution in [0.4, 0.5) is 18.9 Å². The summed E-state index contributed by atoms with van der Waals surface area (Å²) >= 11 is 1.05. The molecule has 3 saturated heterocycles. The van der Waals surface area contributed by atoms with E-state index in [1.54, 1.807) is 0 Å². The van der Waals surface area contributed by atoms with Gasteiger partial charge in [-0.3, -0.25) is 4.79 Å². The summed E-state index contributed by atoms with van der Waals surface area (Å²) < 4.78 is 70.1. The van der Waals surface area contributed by atoms with Crippen LogP contribution in [0.5, 0.6) is 0 Å². The highest BCUT2D eigenvalue weighted by molar-refractivity contribution is 8.16. The number of thioether (sulfide) groups is 1. The number of alkyl halides is 3. The molecule has 28 heavy (non-hydrogen) atoms. The maximum absolute atomic E-state index is 13.6. The van der Waals surface area contributed by atoms with Gasteiger partial charge in [0.1, 0.15) is 6.10 Å². The van der Waals surface area contributed by atoms with Crippen LogP contribution in [0.25, 0.3) is 0 Å². The van der Waals surface area contributed by atoms with Crippen LogP contribution in [0.3, 0.4) is 0 Å². The molecule has 3 atom stereocenters. The second kappa shape index (κ2) is 7.03. The number of ether oxygens (including phenoxy) is 1. The first-order chi connectivity index (χ1) is 13.2. The lowest BCUT2D eigenvalue weighted by molar-refractivity contribution is -0.137. The van der Waals surface area contributed by atoms with E-state index in [-0.39, 0.29) is 22.4 Å². The van der Waals surface area contributed by atoms with E-state index in [0.29, 0.717) is 13.0 Å². The van der Waals surface area contributed by atoms with E-state index < -0.39 is 44.9 Å². The van der Waals surface area contributed by atoms with Crippen LogP contribution < -0.4 is 4.90 Å². The number of benzene rings is 1. The molecule has 3 heterocycles. The van der Waals surface area contributed by atoms with Crippen LogP contribution in [0.2, 0.25) is 0 Å². The number of hydrogen-bond acceptors (Lipinski definition) is 5. The number of fused-ring (bicyclic) bond motifs is 1. The summed E-state index contributed by atoms with van der Waals surface area (Å²) in [5.41, 5.74) is -1.08. The topological polar surface area (TPSA) is 76.0 Å². The van der Waals surface area contributed by atoms with E-state index in [4.69, 9.17) is 4.74 Å². The van der Waals surface area contributed by atoms with Gasteiger partial charge in [0.15, 0.2) is 15.0 Å². The van der Waals surface area contributed by atoms with Gasteiger partial charge in [-0.1, -0.05) is 23.9 Å². The van der Waals surface area contributed by atoms with E-state index in [9.17, 15) is 26.4 Å². The van der Waals surface area contributed by atoms with Gasteiger partial charge in [-0.25, -0.2) is 8.42 Å². The third-order valence-corrected chi connectivity index (χ3v) is 8.16. The molecule has 1 aromatic rings. The number of aliphatic imine (C=N–C) groups is 1. The largest absolute Gasteiger partial charge is 0.418 e. The maximum Gasteiger partial charge on any atom is 0.418 e. The standard InChI is InChI=1S/C17H17F3N2O4S2/c18-17(19,20)10-4-1-2-5-11(10)22-12-8-28(24,25)9-14(12)27-16(22)21-15(23)13-6-3-7-26-13/h1-2,4-5,12-14H,3,6-9H2/t12-,13+,14+/m0/s1. The average Bonchev–Trinajstić information content (AvgIpc) is 3.28. The van der Waals surface area contributed by atoms with Gasteiger partial charge in [0.05, 0.1) is 28.8 Å². The van der Waals surface area contributed by atoms with Crippen molar-refractivity contribution in [2.75, 3.05) is 23.0 Å². The van der Waals surface area contributed by atoms with Gasteiger partial charge in [0, 0.05) is 11.9 Å². The molecule has 0 bridgehead atoms. The van der Waals surface area contributed by atoms with Crippen LogP contribution in [0.15, 0.2) is 29.3 Å². The second-order valence-electron chi connectivity index (χ2n) is 6.92. The van der Waals surface area contributed by atoms with Crippen molar-refractivity contribution in [3.05, 3.63) is 29.8 Å². The first kappa shape index (κ1) is 19.7. The number of anilines is 1. The number of amidine groups is 1. The Morgan fingerprint density at radius 3 is 2.68 bits per heavy atom. The molecule has 1 aromatic carbocycles. The molecule has 0 unspecified atom stereocenters. The van der Waals surface area contributed by atoms with E-state index in [1.807, 2.05) is 0 Å². The number of amides is 1. The van der Waals surface area contributed by atoms with Gasteiger partial charge < -0.3 is 9.64 Å². The summed E-state index contributed by atoms with van der Waals surface area (Å²) in [6.07, 6.45) is -4.09. The summed E-state index contributed by atoms with van der Waals surface area (Å²) in [5.74, 6) is -0.971. The monoisotopic (exact) mass is 434 g/mol. The van der Waals surface area contributed by atoms with Crippen molar-refractivity contribution in [3.8, 4) is 0 Å². The average molecular weight is 434 g/mol. The molecule has 3 aliphatic heterocycles. The van der Waals surface area contributed by atoms with Crippen molar-refractivity contribution < 1.29 is 31.1 Å². The van der Waals surface area contributed by atoms with E-state index in [1.165, 1.54) is 23.1 Å². The minimum Gasteiger partial charge on any atom is -0.368 e. The third kappa shape index (κ3) is 3.67. The highest BCUT2D eigenvalue weighted by Gasteiger charge is 2.51. The Labute approximate surface area is 164 Å².